The normalized spacial score (nSPS) is 12.5. The Bertz CT molecular complexity index is 775. The Labute approximate surface area is 161 Å². The van der Waals surface area contributed by atoms with E-state index in [2.05, 4.69) is 20.8 Å². The predicted octanol–water partition coefficient (Wildman–Crippen LogP) is 4.40. The molecule has 0 aliphatic rings. The van der Waals surface area contributed by atoms with Crippen molar-refractivity contribution in [2.24, 2.45) is 0 Å². The van der Waals surface area contributed by atoms with E-state index in [1.165, 1.54) is 10.5 Å². The van der Waals surface area contributed by atoms with Crippen molar-refractivity contribution in [2.75, 3.05) is 6.54 Å². The molecule has 2 aromatic rings. The van der Waals surface area contributed by atoms with Gasteiger partial charge in [0, 0.05) is 12.1 Å². The van der Waals surface area contributed by atoms with Gasteiger partial charge in [-0.1, -0.05) is 63.2 Å². The molecule has 4 nitrogen and oxygen atoms in total. The van der Waals surface area contributed by atoms with E-state index in [4.69, 9.17) is 0 Å². The van der Waals surface area contributed by atoms with Gasteiger partial charge in [0.1, 0.15) is 0 Å². The highest BCUT2D eigenvalue weighted by Gasteiger charge is 2.18. The Morgan fingerprint density at radius 1 is 1.11 bits per heavy atom. The first kappa shape index (κ1) is 20.8. The van der Waals surface area contributed by atoms with Crippen LogP contribution in [0.4, 0.5) is 0 Å². The lowest BCUT2D eigenvalue weighted by atomic mass is 9.86. The van der Waals surface area contributed by atoms with Gasteiger partial charge < -0.3 is 5.11 Å². The lowest BCUT2D eigenvalue weighted by Gasteiger charge is -2.20. The van der Waals surface area contributed by atoms with Crippen LogP contribution in [0.15, 0.2) is 48.5 Å². The molecule has 0 saturated heterocycles. The molecule has 0 aliphatic heterocycles. The Kier molecular flexibility index (Phi) is 6.92. The van der Waals surface area contributed by atoms with Crippen molar-refractivity contribution in [2.45, 2.75) is 52.1 Å². The number of aliphatic hydroxyl groups is 1. The number of benzene rings is 2. The van der Waals surface area contributed by atoms with Gasteiger partial charge in [-0.15, -0.1) is 0 Å². The molecule has 2 aromatic carbocycles. The number of hydrogen-bond donors (Lipinski definition) is 1. The first-order valence-corrected chi connectivity index (χ1v) is 9.34. The summed E-state index contributed by atoms with van der Waals surface area (Å²) in [7, 11) is 0. The SMILES string of the molecule is Cc1ccccc1C(=O)N(C=O)CCCC(O)c1ccc(C(C)(C)C)cc1. The summed E-state index contributed by atoms with van der Waals surface area (Å²) in [5, 5.41) is 10.4. The van der Waals surface area contributed by atoms with E-state index in [0.29, 0.717) is 24.8 Å². The molecule has 0 heterocycles. The molecule has 0 fully saturated rings. The van der Waals surface area contributed by atoms with Gasteiger partial charge in [-0.05, 0) is 47.9 Å². The second-order valence-electron chi connectivity index (χ2n) is 7.95. The van der Waals surface area contributed by atoms with Crippen molar-refractivity contribution in [3.8, 4) is 0 Å². The zero-order valence-corrected chi connectivity index (χ0v) is 16.6. The molecular weight excluding hydrogens is 338 g/mol. The molecule has 4 heteroatoms. The minimum atomic E-state index is -0.610. The van der Waals surface area contributed by atoms with E-state index >= 15 is 0 Å². The van der Waals surface area contributed by atoms with Gasteiger partial charge in [0.25, 0.3) is 5.91 Å². The minimum Gasteiger partial charge on any atom is -0.388 e. The number of carbonyl (C=O) groups excluding carboxylic acids is 2. The van der Waals surface area contributed by atoms with E-state index < -0.39 is 6.10 Å². The maximum absolute atomic E-state index is 12.5. The van der Waals surface area contributed by atoms with Crippen LogP contribution in [0, 0.1) is 6.92 Å². The molecule has 2 amide bonds. The third kappa shape index (κ3) is 5.51. The number of rotatable bonds is 7. The quantitative estimate of drug-likeness (QED) is 0.738. The van der Waals surface area contributed by atoms with Crippen molar-refractivity contribution in [3.63, 3.8) is 0 Å². The van der Waals surface area contributed by atoms with Crippen LogP contribution in [0.25, 0.3) is 0 Å². The van der Waals surface area contributed by atoms with E-state index in [-0.39, 0.29) is 17.9 Å². The summed E-state index contributed by atoms with van der Waals surface area (Å²) in [4.78, 5) is 25.0. The predicted molar refractivity (Wildman–Crippen MR) is 108 cm³/mol. The molecule has 0 spiro atoms. The smallest absolute Gasteiger partial charge is 0.260 e. The molecule has 0 aromatic heterocycles. The van der Waals surface area contributed by atoms with Gasteiger partial charge in [0.05, 0.1) is 6.10 Å². The third-order valence-electron chi connectivity index (χ3n) is 4.80. The van der Waals surface area contributed by atoms with Crippen molar-refractivity contribution in [3.05, 3.63) is 70.8 Å². The number of hydrogen-bond acceptors (Lipinski definition) is 3. The maximum atomic E-state index is 12.5. The molecule has 144 valence electrons. The van der Waals surface area contributed by atoms with Crippen molar-refractivity contribution in [1.29, 1.82) is 0 Å². The van der Waals surface area contributed by atoms with E-state index in [1.54, 1.807) is 12.1 Å². The maximum Gasteiger partial charge on any atom is 0.260 e. The Balaban J connectivity index is 1.93. The molecule has 1 atom stereocenters. The summed E-state index contributed by atoms with van der Waals surface area (Å²) in [5.41, 5.74) is 3.51. The van der Waals surface area contributed by atoms with Crippen LogP contribution in [0.3, 0.4) is 0 Å². The van der Waals surface area contributed by atoms with Crippen LogP contribution in [0.2, 0.25) is 0 Å². The molecule has 0 aliphatic carbocycles. The highest BCUT2D eigenvalue weighted by molar-refractivity contribution is 6.00. The summed E-state index contributed by atoms with van der Waals surface area (Å²) in [6.45, 7) is 8.59. The topological polar surface area (TPSA) is 57.6 Å². The average Bonchev–Trinajstić information content (AvgIpc) is 2.64. The number of imide groups is 1. The number of nitrogens with zero attached hydrogens (tertiary/aromatic N) is 1. The van der Waals surface area contributed by atoms with E-state index in [9.17, 15) is 14.7 Å². The average molecular weight is 367 g/mol. The van der Waals surface area contributed by atoms with Crippen molar-refractivity contribution >= 4 is 12.3 Å². The molecule has 1 N–H and O–H groups in total. The van der Waals surface area contributed by atoms with Gasteiger partial charge in [0.2, 0.25) is 6.41 Å². The molecule has 0 bridgehead atoms. The third-order valence-corrected chi connectivity index (χ3v) is 4.80. The molecule has 2 rings (SSSR count). The summed E-state index contributed by atoms with van der Waals surface area (Å²) in [6.07, 6.45) is 0.985. The lowest BCUT2D eigenvalue weighted by Crippen LogP contribution is -2.31. The first-order valence-electron chi connectivity index (χ1n) is 9.34. The first-order chi connectivity index (χ1) is 12.7. The van der Waals surface area contributed by atoms with Gasteiger partial charge >= 0.3 is 0 Å². The van der Waals surface area contributed by atoms with Crippen LogP contribution >= 0.6 is 0 Å². The van der Waals surface area contributed by atoms with Gasteiger partial charge in [-0.3, -0.25) is 14.5 Å². The fourth-order valence-corrected chi connectivity index (χ4v) is 3.00. The molecule has 1 unspecified atom stereocenters. The highest BCUT2D eigenvalue weighted by atomic mass is 16.3. The standard InChI is InChI=1S/C23H29NO3/c1-17-8-5-6-9-20(17)22(27)24(16-25)15-7-10-21(26)18-11-13-19(14-12-18)23(2,3)4/h5-6,8-9,11-14,16,21,26H,7,10,15H2,1-4H3. The molecule has 27 heavy (non-hydrogen) atoms. The van der Waals surface area contributed by atoms with Crippen LogP contribution < -0.4 is 0 Å². The van der Waals surface area contributed by atoms with Crippen LogP contribution in [0.5, 0.6) is 0 Å². The van der Waals surface area contributed by atoms with Crippen molar-refractivity contribution in [1.82, 2.24) is 4.90 Å². The Hall–Kier alpha value is -2.46. The second-order valence-corrected chi connectivity index (χ2v) is 7.95. The minimum absolute atomic E-state index is 0.0733. The fraction of sp³-hybridized carbons (Fsp3) is 0.391. The van der Waals surface area contributed by atoms with Crippen LogP contribution in [-0.4, -0.2) is 28.9 Å². The molecule has 0 radical (unpaired) electrons. The number of aliphatic hydroxyl groups excluding tert-OH is 1. The van der Waals surface area contributed by atoms with E-state index in [1.807, 2.05) is 43.3 Å². The Morgan fingerprint density at radius 2 is 1.74 bits per heavy atom. The summed E-state index contributed by atoms with van der Waals surface area (Å²) >= 11 is 0. The van der Waals surface area contributed by atoms with Gasteiger partial charge in [-0.25, -0.2) is 0 Å². The van der Waals surface area contributed by atoms with Crippen molar-refractivity contribution < 1.29 is 14.7 Å². The number of amides is 2. The summed E-state index contributed by atoms with van der Waals surface area (Å²) in [6, 6.07) is 15.2. The highest BCUT2D eigenvalue weighted by Crippen LogP contribution is 2.25. The number of aryl methyl sites for hydroxylation is 1. The van der Waals surface area contributed by atoms with Crippen LogP contribution in [0.1, 0.15) is 66.8 Å². The van der Waals surface area contributed by atoms with Gasteiger partial charge in [0.15, 0.2) is 0 Å². The van der Waals surface area contributed by atoms with Gasteiger partial charge in [-0.2, -0.15) is 0 Å². The second kappa shape index (κ2) is 8.96. The molecule has 0 saturated carbocycles. The zero-order valence-electron chi connectivity index (χ0n) is 16.6. The Morgan fingerprint density at radius 3 is 2.30 bits per heavy atom. The zero-order chi connectivity index (χ0) is 20.0. The molecular formula is C23H29NO3. The fourth-order valence-electron chi connectivity index (χ4n) is 3.00. The monoisotopic (exact) mass is 367 g/mol. The van der Waals surface area contributed by atoms with E-state index in [0.717, 1.165) is 11.1 Å². The number of carbonyl (C=O) groups is 2. The lowest BCUT2D eigenvalue weighted by molar-refractivity contribution is -0.116. The summed E-state index contributed by atoms with van der Waals surface area (Å²) < 4.78 is 0. The van der Waals surface area contributed by atoms with Crippen LogP contribution in [-0.2, 0) is 10.2 Å². The largest absolute Gasteiger partial charge is 0.388 e. The summed E-state index contributed by atoms with van der Waals surface area (Å²) in [5.74, 6) is -0.299.